The van der Waals surface area contributed by atoms with Crippen molar-refractivity contribution in [2.24, 2.45) is 0 Å². The number of benzene rings is 1. The zero-order chi connectivity index (χ0) is 14.0. The largest absolute Gasteiger partial charge is 0.381 e. The molecule has 0 saturated heterocycles. The summed E-state index contributed by atoms with van der Waals surface area (Å²) in [5.41, 5.74) is 7.09. The van der Waals surface area contributed by atoms with Crippen molar-refractivity contribution in [1.29, 1.82) is 0 Å². The standard InChI is InChI=1S/C15H22N4/c1-10-6-7-13(8-15(10)19(4)5)16-9-14-11(2)17-18-12(14)3/h6-8,16H,9H2,1-5H3,(H,17,18). The van der Waals surface area contributed by atoms with Crippen LogP contribution >= 0.6 is 0 Å². The normalized spacial score (nSPS) is 10.6. The van der Waals surface area contributed by atoms with Gasteiger partial charge in [-0.1, -0.05) is 6.07 Å². The smallest absolute Gasteiger partial charge is 0.0643 e. The fourth-order valence-electron chi connectivity index (χ4n) is 2.23. The van der Waals surface area contributed by atoms with Crippen LogP contribution in [-0.4, -0.2) is 24.3 Å². The number of H-pyrrole nitrogens is 1. The highest BCUT2D eigenvalue weighted by Crippen LogP contribution is 2.23. The molecule has 0 amide bonds. The van der Waals surface area contributed by atoms with Crippen LogP contribution in [0.15, 0.2) is 18.2 Å². The highest BCUT2D eigenvalue weighted by atomic mass is 15.1. The second-order valence-electron chi connectivity index (χ2n) is 5.16. The average molecular weight is 258 g/mol. The molecule has 0 bridgehead atoms. The third-order valence-electron chi connectivity index (χ3n) is 3.44. The van der Waals surface area contributed by atoms with Gasteiger partial charge < -0.3 is 10.2 Å². The molecule has 4 heteroatoms. The molecular weight excluding hydrogens is 236 g/mol. The quantitative estimate of drug-likeness (QED) is 0.886. The van der Waals surface area contributed by atoms with Gasteiger partial charge in [0, 0.05) is 43.3 Å². The summed E-state index contributed by atoms with van der Waals surface area (Å²) in [6, 6.07) is 6.44. The van der Waals surface area contributed by atoms with E-state index >= 15 is 0 Å². The molecule has 2 rings (SSSR count). The summed E-state index contributed by atoms with van der Waals surface area (Å²) in [7, 11) is 4.13. The first-order valence-corrected chi connectivity index (χ1v) is 6.51. The molecule has 0 saturated carbocycles. The lowest BCUT2D eigenvalue weighted by molar-refractivity contribution is 1.02. The average Bonchev–Trinajstić information content (AvgIpc) is 2.68. The molecule has 1 aromatic carbocycles. The van der Waals surface area contributed by atoms with E-state index in [2.05, 4.69) is 66.6 Å². The van der Waals surface area contributed by atoms with E-state index in [0.29, 0.717) is 0 Å². The van der Waals surface area contributed by atoms with Crippen molar-refractivity contribution in [2.75, 3.05) is 24.3 Å². The Morgan fingerprint density at radius 3 is 2.53 bits per heavy atom. The number of aromatic amines is 1. The van der Waals surface area contributed by atoms with Gasteiger partial charge in [0.1, 0.15) is 0 Å². The van der Waals surface area contributed by atoms with Crippen LogP contribution in [0.5, 0.6) is 0 Å². The van der Waals surface area contributed by atoms with Crippen molar-refractivity contribution in [3.8, 4) is 0 Å². The van der Waals surface area contributed by atoms with Crippen LogP contribution in [0.3, 0.4) is 0 Å². The fourth-order valence-corrected chi connectivity index (χ4v) is 2.23. The van der Waals surface area contributed by atoms with Crippen LogP contribution in [0, 0.1) is 20.8 Å². The lowest BCUT2D eigenvalue weighted by Crippen LogP contribution is -2.11. The van der Waals surface area contributed by atoms with Crippen molar-refractivity contribution >= 4 is 11.4 Å². The maximum atomic E-state index is 4.22. The summed E-state index contributed by atoms with van der Waals surface area (Å²) in [4.78, 5) is 2.13. The van der Waals surface area contributed by atoms with E-state index in [4.69, 9.17) is 0 Å². The lowest BCUT2D eigenvalue weighted by Gasteiger charge is -2.17. The maximum Gasteiger partial charge on any atom is 0.0643 e. The van der Waals surface area contributed by atoms with Gasteiger partial charge in [0.25, 0.3) is 0 Å². The molecule has 0 aliphatic rings. The monoisotopic (exact) mass is 258 g/mol. The first-order chi connectivity index (χ1) is 8.99. The Bertz CT molecular complexity index is 550. The van der Waals surface area contributed by atoms with Gasteiger partial charge in [-0.2, -0.15) is 5.10 Å². The van der Waals surface area contributed by atoms with Crippen LogP contribution in [0.25, 0.3) is 0 Å². The van der Waals surface area contributed by atoms with Gasteiger partial charge in [0.2, 0.25) is 0 Å². The predicted octanol–water partition coefficient (Wildman–Crippen LogP) is 3.01. The first-order valence-electron chi connectivity index (χ1n) is 6.51. The summed E-state index contributed by atoms with van der Waals surface area (Å²) >= 11 is 0. The van der Waals surface area contributed by atoms with E-state index in [1.165, 1.54) is 16.8 Å². The molecule has 4 nitrogen and oxygen atoms in total. The Balaban J connectivity index is 2.14. The highest BCUT2D eigenvalue weighted by molar-refractivity contribution is 5.62. The van der Waals surface area contributed by atoms with Crippen molar-refractivity contribution in [2.45, 2.75) is 27.3 Å². The number of aromatic nitrogens is 2. The molecule has 0 aliphatic heterocycles. The number of anilines is 2. The third-order valence-corrected chi connectivity index (χ3v) is 3.44. The highest BCUT2D eigenvalue weighted by Gasteiger charge is 2.07. The van der Waals surface area contributed by atoms with Gasteiger partial charge in [0.15, 0.2) is 0 Å². The molecule has 0 spiro atoms. The van der Waals surface area contributed by atoms with Crippen LogP contribution in [0.1, 0.15) is 22.5 Å². The molecule has 0 unspecified atom stereocenters. The van der Waals surface area contributed by atoms with Gasteiger partial charge in [-0.25, -0.2) is 0 Å². The summed E-state index contributed by atoms with van der Waals surface area (Å²) < 4.78 is 0. The van der Waals surface area contributed by atoms with E-state index in [0.717, 1.165) is 23.6 Å². The predicted molar refractivity (Wildman–Crippen MR) is 80.9 cm³/mol. The van der Waals surface area contributed by atoms with Crippen LogP contribution in [0.4, 0.5) is 11.4 Å². The number of hydrogen-bond acceptors (Lipinski definition) is 3. The molecule has 1 aromatic heterocycles. The lowest BCUT2D eigenvalue weighted by atomic mass is 10.1. The van der Waals surface area contributed by atoms with Crippen molar-refractivity contribution < 1.29 is 0 Å². The summed E-state index contributed by atoms with van der Waals surface area (Å²) in [6.45, 7) is 7.01. The minimum absolute atomic E-state index is 0.796. The summed E-state index contributed by atoms with van der Waals surface area (Å²) in [6.07, 6.45) is 0. The molecule has 2 N–H and O–H groups in total. The first kappa shape index (κ1) is 13.5. The second-order valence-corrected chi connectivity index (χ2v) is 5.16. The van der Waals surface area contributed by atoms with Crippen LogP contribution in [-0.2, 0) is 6.54 Å². The molecule has 0 fully saturated rings. The Morgan fingerprint density at radius 2 is 1.95 bits per heavy atom. The van der Waals surface area contributed by atoms with Gasteiger partial charge >= 0.3 is 0 Å². The van der Waals surface area contributed by atoms with Crippen molar-refractivity contribution in [3.05, 3.63) is 40.7 Å². The maximum absolute atomic E-state index is 4.22. The molecule has 0 radical (unpaired) electrons. The van der Waals surface area contributed by atoms with Crippen LogP contribution < -0.4 is 10.2 Å². The summed E-state index contributed by atoms with van der Waals surface area (Å²) in [5, 5.41) is 10.7. The zero-order valence-corrected chi connectivity index (χ0v) is 12.3. The molecule has 2 aromatic rings. The second kappa shape index (κ2) is 5.34. The van der Waals surface area contributed by atoms with Gasteiger partial charge in [-0.05, 0) is 38.5 Å². The number of nitrogens with one attached hydrogen (secondary N) is 2. The topological polar surface area (TPSA) is 44.0 Å². The fraction of sp³-hybridized carbons (Fsp3) is 0.400. The Kier molecular flexibility index (Phi) is 3.79. The SMILES string of the molecule is Cc1ccc(NCc2c(C)n[nH]c2C)cc1N(C)C. The van der Waals surface area contributed by atoms with Crippen molar-refractivity contribution in [1.82, 2.24) is 10.2 Å². The van der Waals surface area contributed by atoms with Gasteiger partial charge in [-0.3, -0.25) is 5.10 Å². The van der Waals surface area contributed by atoms with E-state index in [9.17, 15) is 0 Å². The minimum Gasteiger partial charge on any atom is -0.381 e. The molecule has 0 aliphatic carbocycles. The molecule has 19 heavy (non-hydrogen) atoms. The molecule has 1 heterocycles. The van der Waals surface area contributed by atoms with E-state index < -0.39 is 0 Å². The number of hydrogen-bond donors (Lipinski definition) is 2. The Morgan fingerprint density at radius 1 is 1.21 bits per heavy atom. The molecular formula is C15H22N4. The van der Waals surface area contributed by atoms with Gasteiger partial charge in [0.05, 0.1) is 5.69 Å². The minimum atomic E-state index is 0.796. The number of rotatable bonds is 4. The van der Waals surface area contributed by atoms with E-state index in [1.54, 1.807) is 0 Å². The van der Waals surface area contributed by atoms with E-state index in [-0.39, 0.29) is 0 Å². The summed E-state index contributed by atoms with van der Waals surface area (Å²) in [5.74, 6) is 0. The Labute approximate surface area is 114 Å². The van der Waals surface area contributed by atoms with Gasteiger partial charge in [-0.15, -0.1) is 0 Å². The van der Waals surface area contributed by atoms with Crippen LogP contribution in [0.2, 0.25) is 0 Å². The van der Waals surface area contributed by atoms with E-state index in [1.807, 2.05) is 6.92 Å². The zero-order valence-electron chi connectivity index (χ0n) is 12.3. The molecule has 102 valence electrons. The molecule has 0 atom stereocenters. The number of nitrogens with zero attached hydrogens (tertiary/aromatic N) is 2. The van der Waals surface area contributed by atoms with Crippen molar-refractivity contribution in [3.63, 3.8) is 0 Å². The Hall–Kier alpha value is -1.97. The third kappa shape index (κ3) is 2.89. The number of aryl methyl sites for hydroxylation is 3.